The highest BCUT2D eigenvalue weighted by Gasteiger charge is 2.15. The number of hydrogen-bond acceptors (Lipinski definition) is 3. The van der Waals surface area contributed by atoms with E-state index in [9.17, 15) is 0 Å². The molecule has 1 heterocycles. The van der Waals surface area contributed by atoms with Crippen LogP contribution in [0.3, 0.4) is 0 Å². The van der Waals surface area contributed by atoms with Gasteiger partial charge in [0.05, 0.1) is 5.69 Å². The minimum atomic E-state index is 0.530. The van der Waals surface area contributed by atoms with Crippen molar-refractivity contribution < 1.29 is 4.52 Å². The number of aromatic nitrogens is 1. The molecule has 0 fully saturated rings. The van der Waals surface area contributed by atoms with Crippen molar-refractivity contribution in [2.24, 2.45) is 0 Å². The van der Waals surface area contributed by atoms with Crippen molar-refractivity contribution >= 4 is 5.88 Å². The summed E-state index contributed by atoms with van der Waals surface area (Å²) in [4.78, 5) is 0. The molecule has 60 valence electrons. The van der Waals surface area contributed by atoms with E-state index >= 15 is 0 Å². The van der Waals surface area contributed by atoms with E-state index in [4.69, 9.17) is 10.3 Å². The average Bonchev–Trinajstić information content (AvgIpc) is 2.25. The summed E-state index contributed by atoms with van der Waals surface area (Å²) in [7, 11) is 0. The lowest BCUT2D eigenvalue weighted by molar-refractivity contribution is 0.425. The van der Waals surface area contributed by atoms with Crippen LogP contribution in [0, 0.1) is 0 Å². The fourth-order valence-corrected chi connectivity index (χ4v) is 1.59. The largest absolute Gasteiger partial charge is 0.367 e. The van der Waals surface area contributed by atoms with E-state index in [2.05, 4.69) is 5.16 Å². The molecule has 0 saturated heterocycles. The van der Waals surface area contributed by atoms with E-state index in [1.807, 2.05) is 0 Å². The van der Waals surface area contributed by atoms with Gasteiger partial charge in [0.25, 0.3) is 0 Å². The van der Waals surface area contributed by atoms with Crippen LogP contribution in [-0.4, -0.2) is 5.16 Å². The Morgan fingerprint density at radius 2 is 2.00 bits per heavy atom. The van der Waals surface area contributed by atoms with Crippen molar-refractivity contribution in [3.05, 3.63) is 11.3 Å². The van der Waals surface area contributed by atoms with Crippen LogP contribution in [0.2, 0.25) is 0 Å². The van der Waals surface area contributed by atoms with Crippen LogP contribution >= 0.6 is 0 Å². The topological polar surface area (TPSA) is 52.0 Å². The van der Waals surface area contributed by atoms with Crippen LogP contribution in [-0.2, 0) is 12.8 Å². The number of fused-ring (bicyclic) bond motifs is 1. The summed E-state index contributed by atoms with van der Waals surface area (Å²) in [5.74, 6) is 0.530. The normalized spacial score (nSPS) is 17.5. The third-order valence-corrected chi connectivity index (χ3v) is 2.24. The summed E-state index contributed by atoms with van der Waals surface area (Å²) in [6.45, 7) is 0. The first kappa shape index (κ1) is 6.70. The van der Waals surface area contributed by atoms with E-state index in [0.717, 1.165) is 24.1 Å². The molecule has 0 aromatic carbocycles. The molecule has 11 heavy (non-hydrogen) atoms. The SMILES string of the molecule is Nc1onc2c1CCCCC2. The third-order valence-electron chi connectivity index (χ3n) is 2.24. The average molecular weight is 152 g/mol. The quantitative estimate of drug-likeness (QED) is 0.573. The van der Waals surface area contributed by atoms with Gasteiger partial charge in [0.2, 0.25) is 5.88 Å². The first-order valence-electron chi connectivity index (χ1n) is 4.11. The summed E-state index contributed by atoms with van der Waals surface area (Å²) in [5, 5.41) is 3.92. The maximum Gasteiger partial charge on any atom is 0.225 e. The van der Waals surface area contributed by atoms with Crippen LogP contribution in [0.25, 0.3) is 0 Å². The smallest absolute Gasteiger partial charge is 0.225 e. The van der Waals surface area contributed by atoms with Crippen LogP contribution in [0.15, 0.2) is 4.52 Å². The maximum absolute atomic E-state index is 5.60. The molecule has 0 bridgehead atoms. The molecule has 0 saturated carbocycles. The molecule has 0 spiro atoms. The van der Waals surface area contributed by atoms with Crippen molar-refractivity contribution in [1.82, 2.24) is 5.16 Å². The molecule has 3 nitrogen and oxygen atoms in total. The summed E-state index contributed by atoms with van der Waals surface area (Å²) in [5.41, 5.74) is 7.84. The van der Waals surface area contributed by atoms with Gasteiger partial charge in [-0.2, -0.15) is 0 Å². The molecule has 3 heteroatoms. The molecule has 2 rings (SSSR count). The monoisotopic (exact) mass is 152 g/mol. The highest BCUT2D eigenvalue weighted by Crippen LogP contribution is 2.24. The van der Waals surface area contributed by atoms with Crippen LogP contribution in [0.1, 0.15) is 30.5 Å². The van der Waals surface area contributed by atoms with E-state index < -0.39 is 0 Å². The zero-order valence-electron chi connectivity index (χ0n) is 6.47. The molecule has 0 aliphatic heterocycles. The first-order valence-corrected chi connectivity index (χ1v) is 4.11. The number of nitrogens with zero attached hydrogens (tertiary/aromatic N) is 1. The van der Waals surface area contributed by atoms with Gasteiger partial charge in [0, 0.05) is 5.56 Å². The Morgan fingerprint density at radius 1 is 1.18 bits per heavy atom. The van der Waals surface area contributed by atoms with Gasteiger partial charge < -0.3 is 10.3 Å². The van der Waals surface area contributed by atoms with Gasteiger partial charge in [-0.25, -0.2) is 0 Å². The molecule has 0 unspecified atom stereocenters. The van der Waals surface area contributed by atoms with Gasteiger partial charge in [0.15, 0.2) is 0 Å². The molecular formula is C8H12N2O. The fourth-order valence-electron chi connectivity index (χ4n) is 1.59. The van der Waals surface area contributed by atoms with E-state index in [-0.39, 0.29) is 0 Å². The minimum absolute atomic E-state index is 0.530. The Bertz CT molecular complexity index is 255. The van der Waals surface area contributed by atoms with Crippen molar-refractivity contribution in [3.8, 4) is 0 Å². The number of aryl methyl sites for hydroxylation is 1. The van der Waals surface area contributed by atoms with Gasteiger partial charge >= 0.3 is 0 Å². The van der Waals surface area contributed by atoms with Gasteiger partial charge in [-0.3, -0.25) is 0 Å². The molecule has 1 aliphatic rings. The van der Waals surface area contributed by atoms with E-state index in [1.54, 1.807) is 0 Å². The Balaban J connectivity index is 2.35. The second kappa shape index (κ2) is 2.57. The standard InChI is InChI=1S/C8H12N2O/c9-8-6-4-2-1-3-5-7(6)10-11-8/h1-5,9H2. The third kappa shape index (κ3) is 1.11. The van der Waals surface area contributed by atoms with Crippen LogP contribution in [0.4, 0.5) is 5.88 Å². The van der Waals surface area contributed by atoms with E-state index in [0.29, 0.717) is 5.88 Å². The van der Waals surface area contributed by atoms with Crippen molar-refractivity contribution in [2.75, 3.05) is 5.73 Å². The van der Waals surface area contributed by atoms with Crippen molar-refractivity contribution in [2.45, 2.75) is 32.1 Å². The Kier molecular flexibility index (Phi) is 1.56. The second-order valence-corrected chi connectivity index (χ2v) is 3.03. The maximum atomic E-state index is 5.60. The molecule has 1 aliphatic carbocycles. The Morgan fingerprint density at radius 3 is 2.91 bits per heavy atom. The summed E-state index contributed by atoms with van der Waals surface area (Å²) in [6.07, 6.45) is 5.81. The fraction of sp³-hybridized carbons (Fsp3) is 0.625. The van der Waals surface area contributed by atoms with Crippen molar-refractivity contribution in [3.63, 3.8) is 0 Å². The van der Waals surface area contributed by atoms with Gasteiger partial charge in [-0.15, -0.1) is 0 Å². The predicted molar refractivity (Wildman–Crippen MR) is 42.2 cm³/mol. The van der Waals surface area contributed by atoms with Gasteiger partial charge in [0.1, 0.15) is 0 Å². The highest BCUT2D eigenvalue weighted by atomic mass is 16.5. The Hall–Kier alpha value is -0.990. The van der Waals surface area contributed by atoms with Crippen LogP contribution < -0.4 is 5.73 Å². The highest BCUT2D eigenvalue weighted by molar-refractivity contribution is 5.39. The van der Waals surface area contributed by atoms with Gasteiger partial charge in [-0.1, -0.05) is 11.6 Å². The van der Waals surface area contributed by atoms with Crippen LogP contribution in [0.5, 0.6) is 0 Å². The zero-order chi connectivity index (χ0) is 7.68. The number of nitrogens with two attached hydrogens (primary N) is 1. The summed E-state index contributed by atoms with van der Waals surface area (Å²) >= 11 is 0. The van der Waals surface area contributed by atoms with Crippen molar-refractivity contribution in [1.29, 1.82) is 0 Å². The molecule has 0 amide bonds. The predicted octanol–water partition coefficient (Wildman–Crippen LogP) is 1.53. The number of nitrogen functional groups attached to an aromatic ring is 1. The Labute approximate surface area is 65.6 Å². The zero-order valence-corrected chi connectivity index (χ0v) is 6.47. The molecule has 1 aromatic rings. The minimum Gasteiger partial charge on any atom is -0.367 e. The second-order valence-electron chi connectivity index (χ2n) is 3.03. The summed E-state index contributed by atoms with van der Waals surface area (Å²) in [6, 6.07) is 0. The van der Waals surface area contributed by atoms with Gasteiger partial charge in [-0.05, 0) is 25.7 Å². The lowest BCUT2D eigenvalue weighted by Crippen LogP contribution is -1.91. The molecule has 0 radical (unpaired) electrons. The summed E-state index contributed by atoms with van der Waals surface area (Å²) < 4.78 is 4.90. The lowest BCUT2D eigenvalue weighted by Gasteiger charge is -1.92. The lowest BCUT2D eigenvalue weighted by atomic mass is 10.1. The van der Waals surface area contributed by atoms with E-state index in [1.165, 1.54) is 19.3 Å². The number of anilines is 1. The molecule has 0 atom stereocenters. The molecular weight excluding hydrogens is 140 g/mol. The first-order chi connectivity index (χ1) is 5.38. The number of rotatable bonds is 0. The molecule has 2 N–H and O–H groups in total. The molecule has 1 aromatic heterocycles. The number of hydrogen-bond donors (Lipinski definition) is 1.